The molecule has 1 aromatic heterocycles. The molecular formula is C9H13N3O2S. The summed E-state index contributed by atoms with van der Waals surface area (Å²) in [4.78, 5) is 22.8. The number of aromatic nitrogens is 2. The molecule has 0 atom stereocenters. The second-order valence-corrected chi connectivity index (χ2v) is 4.28. The molecule has 0 bridgehead atoms. The number of nitrogens with zero attached hydrogens (tertiary/aromatic N) is 2. The number of rotatable bonds is 4. The Kier molecular flexibility index (Phi) is 3.90. The molecule has 0 saturated carbocycles. The Hall–Kier alpha value is -1.30. The Labute approximate surface area is 92.0 Å². The number of nitrogens with one attached hydrogen (secondary N) is 1. The first-order chi connectivity index (χ1) is 7.02. The van der Waals surface area contributed by atoms with E-state index in [0.717, 1.165) is 11.5 Å². The van der Waals surface area contributed by atoms with Crippen LogP contribution in [0.25, 0.3) is 0 Å². The van der Waals surface area contributed by atoms with Crippen LogP contribution in [0.5, 0.6) is 0 Å². The lowest BCUT2D eigenvalue weighted by molar-refractivity contribution is -0.116. The first kappa shape index (κ1) is 11.8. The van der Waals surface area contributed by atoms with Crippen LogP contribution in [0.2, 0.25) is 0 Å². The fourth-order valence-corrected chi connectivity index (χ4v) is 1.75. The number of Topliss-reactive ketones (excluding diaryl/α,β-unsaturated/α-hetero) is 1. The van der Waals surface area contributed by atoms with Crippen molar-refractivity contribution in [1.29, 1.82) is 0 Å². The van der Waals surface area contributed by atoms with E-state index in [1.165, 1.54) is 6.92 Å². The molecule has 0 aliphatic heterocycles. The molecular weight excluding hydrogens is 214 g/mol. The van der Waals surface area contributed by atoms with Gasteiger partial charge in [-0.05, 0) is 24.4 Å². The molecule has 1 aromatic rings. The third-order valence-electron chi connectivity index (χ3n) is 1.76. The van der Waals surface area contributed by atoms with E-state index in [-0.39, 0.29) is 24.2 Å². The van der Waals surface area contributed by atoms with Gasteiger partial charge < -0.3 is 5.32 Å². The maximum atomic E-state index is 11.6. The Balaban J connectivity index is 2.73. The molecule has 0 radical (unpaired) electrons. The van der Waals surface area contributed by atoms with Crippen molar-refractivity contribution in [3.63, 3.8) is 0 Å². The third-order valence-corrected chi connectivity index (χ3v) is 2.50. The van der Waals surface area contributed by atoms with Gasteiger partial charge >= 0.3 is 0 Å². The minimum atomic E-state index is -0.274. The van der Waals surface area contributed by atoms with E-state index in [9.17, 15) is 9.59 Å². The van der Waals surface area contributed by atoms with Gasteiger partial charge in [0, 0.05) is 0 Å². The maximum absolute atomic E-state index is 11.6. The van der Waals surface area contributed by atoms with E-state index in [2.05, 4.69) is 14.9 Å². The summed E-state index contributed by atoms with van der Waals surface area (Å²) in [7, 11) is 0. The second kappa shape index (κ2) is 4.97. The van der Waals surface area contributed by atoms with Gasteiger partial charge in [0.2, 0.25) is 0 Å². The lowest BCUT2D eigenvalue weighted by atomic mass is 10.1. The predicted molar refractivity (Wildman–Crippen MR) is 57.0 cm³/mol. The van der Waals surface area contributed by atoms with E-state index >= 15 is 0 Å². The van der Waals surface area contributed by atoms with Crippen LogP contribution < -0.4 is 5.32 Å². The van der Waals surface area contributed by atoms with Crippen molar-refractivity contribution in [1.82, 2.24) is 14.9 Å². The quantitative estimate of drug-likeness (QED) is 0.832. The lowest BCUT2D eigenvalue weighted by Gasteiger charge is -2.03. The van der Waals surface area contributed by atoms with Crippen LogP contribution in [0, 0.1) is 0 Å². The Bertz CT molecular complexity index is 373. The first-order valence-electron chi connectivity index (χ1n) is 4.62. The van der Waals surface area contributed by atoms with Crippen LogP contribution in [-0.4, -0.2) is 27.8 Å². The summed E-state index contributed by atoms with van der Waals surface area (Å²) in [5.74, 6) is -0.197. The van der Waals surface area contributed by atoms with Gasteiger partial charge in [0.1, 0.15) is 10.7 Å². The van der Waals surface area contributed by atoms with Gasteiger partial charge in [-0.2, -0.15) is 0 Å². The van der Waals surface area contributed by atoms with Crippen LogP contribution in [0.3, 0.4) is 0 Å². The van der Waals surface area contributed by atoms with Crippen LogP contribution in [0.15, 0.2) is 0 Å². The molecule has 1 amide bonds. The highest BCUT2D eigenvalue weighted by atomic mass is 32.1. The van der Waals surface area contributed by atoms with Crippen LogP contribution in [0.1, 0.15) is 42.1 Å². The first-order valence-corrected chi connectivity index (χ1v) is 5.39. The summed E-state index contributed by atoms with van der Waals surface area (Å²) in [6.07, 6.45) is 0. The minimum Gasteiger partial charge on any atom is -0.344 e. The Morgan fingerprint density at radius 2 is 2.13 bits per heavy atom. The zero-order valence-corrected chi connectivity index (χ0v) is 9.72. The number of ketones is 1. The molecule has 0 saturated heterocycles. The van der Waals surface area contributed by atoms with Crippen molar-refractivity contribution in [2.45, 2.75) is 26.7 Å². The zero-order valence-electron chi connectivity index (χ0n) is 8.90. The van der Waals surface area contributed by atoms with Crippen LogP contribution in [0.4, 0.5) is 0 Å². The molecule has 82 valence electrons. The molecule has 0 aliphatic carbocycles. The summed E-state index contributed by atoms with van der Waals surface area (Å²) in [5.41, 5.74) is 0.682. The van der Waals surface area contributed by atoms with Gasteiger partial charge in [-0.25, -0.2) is 0 Å². The Morgan fingerprint density at radius 3 is 2.67 bits per heavy atom. The largest absolute Gasteiger partial charge is 0.344 e. The Morgan fingerprint density at radius 1 is 1.47 bits per heavy atom. The van der Waals surface area contributed by atoms with Crippen LogP contribution >= 0.6 is 11.5 Å². The standard InChI is InChI=1S/C9H13N3O2S/c1-5(2)7-8(15-12-11-7)9(14)10-4-6(3)13/h5H,4H2,1-3H3,(H,10,14). The average Bonchev–Trinajstić information content (AvgIpc) is 2.62. The normalized spacial score (nSPS) is 10.4. The summed E-state index contributed by atoms with van der Waals surface area (Å²) < 4.78 is 3.74. The van der Waals surface area contributed by atoms with Gasteiger partial charge in [-0.1, -0.05) is 18.3 Å². The molecule has 0 aromatic carbocycles. The van der Waals surface area contributed by atoms with E-state index < -0.39 is 0 Å². The monoisotopic (exact) mass is 227 g/mol. The fourth-order valence-electron chi connectivity index (χ4n) is 1.02. The number of amides is 1. The molecule has 6 heteroatoms. The SMILES string of the molecule is CC(=O)CNC(=O)c1snnc1C(C)C. The lowest BCUT2D eigenvalue weighted by Crippen LogP contribution is -2.28. The highest BCUT2D eigenvalue weighted by molar-refractivity contribution is 7.08. The topological polar surface area (TPSA) is 72.0 Å². The molecule has 1 N–H and O–H groups in total. The third kappa shape index (κ3) is 3.09. The van der Waals surface area contributed by atoms with Crippen LogP contribution in [-0.2, 0) is 4.79 Å². The zero-order chi connectivity index (χ0) is 11.4. The highest BCUT2D eigenvalue weighted by Crippen LogP contribution is 2.19. The summed E-state index contributed by atoms with van der Waals surface area (Å²) >= 11 is 1.05. The number of hydrogen-bond donors (Lipinski definition) is 1. The molecule has 0 unspecified atom stereocenters. The maximum Gasteiger partial charge on any atom is 0.265 e. The summed E-state index contributed by atoms with van der Waals surface area (Å²) in [6, 6.07) is 0. The average molecular weight is 227 g/mol. The van der Waals surface area contributed by atoms with Crippen molar-refractivity contribution in [3.8, 4) is 0 Å². The molecule has 5 nitrogen and oxygen atoms in total. The summed E-state index contributed by atoms with van der Waals surface area (Å²) in [6.45, 7) is 5.36. The van der Waals surface area contributed by atoms with Gasteiger partial charge in [-0.15, -0.1) is 5.10 Å². The molecule has 15 heavy (non-hydrogen) atoms. The van der Waals surface area contributed by atoms with Crippen molar-refractivity contribution >= 4 is 23.2 Å². The highest BCUT2D eigenvalue weighted by Gasteiger charge is 2.18. The van der Waals surface area contributed by atoms with E-state index in [4.69, 9.17) is 0 Å². The molecule has 0 aliphatic rings. The summed E-state index contributed by atoms with van der Waals surface area (Å²) in [5, 5.41) is 6.41. The predicted octanol–water partition coefficient (Wildman–Crippen LogP) is 0.980. The van der Waals surface area contributed by atoms with E-state index in [1.54, 1.807) is 0 Å². The van der Waals surface area contributed by atoms with Crippen molar-refractivity contribution < 1.29 is 9.59 Å². The van der Waals surface area contributed by atoms with Gasteiger partial charge in [0.25, 0.3) is 5.91 Å². The van der Waals surface area contributed by atoms with Crippen molar-refractivity contribution in [2.24, 2.45) is 0 Å². The van der Waals surface area contributed by atoms with Gasteiger partial charge in [-0.3, -0.25) is 9.59 Å². The number of hydrogen-bond acceptors (Lipinski definition) is 5. The number of carbonyl (C=O) groups excluding carboxylic acids is 2. The molecule has 1 heterocycles. The van der Waals surface area contributed by atoms with Gasteiger partial charge in [0.15, 0.2) is 0 Å². The van der Waals surface area contributed by atoms with E-state index in [1.807, 2.05) is 13.8 Å². The minimum absolute atomic E-state index is 0.0499. The molecule has 1 rings (SSSR count). The number of carbonyl (C=O) groups is 2. The smallest absolute Gasteiger partial charge is 0.265 e. The van der Waals surface area contributed by atoms with Gasteiger partial charge in [0.05, 0.1) is 12.2 Å². The molecule has 0 spiro atoms. The fraction of sp³-hybridized carbons (Fsp3) is 0.556. The second-order valence-electron chi connectivity index (χ2n) is 3.53. The molecule has 0 fully saturated rings. The van der Waals surface area contributed by atoms with Crippen molar-refractivity contribution in [3.05, 3.63) is 10.6 Å². The van der Waals surface area contributed by atoms with E-state index in [0.29, 0.717) is 10.6 Å². The van der Waals surface area contributed by atoms with Crippen molar-refractivity contribution in [2.75, 3.05) is 6.54 Å².